The van der Waals surface area contributed by atoms with Crippen LogP contribution in [-0.2, 0) is 4.79 Å². The van der Waals surface area contributed by atoms with Crippen molar-refractivity contribution in [3.05, 3.63) is 15.8 Å². The first-order chi connectivity index (χ1) is 6.77. The zero-order chi connectivity index (χ0) is 9.97. The second kappa shape index (κ2) is 4.29. The van der Waals surface area contributed by atoms with Gasteiger partial charge in [0.25, 0.3) is 0 Å². The monoisotopic (exact) mass is 230 g/mol. The Balaban J connectivity index is 1.97. The fourth-order valence-electron chi connectivity index (χ4n) is 1.49. The normalized spacial score (nSPS) is 21.1. The standard InChI is InChI=1S/C9H11ClN2OS/c10-8-7(2-4-14-8)12-9(13)6-1-3-11-5-6/h2,4,6,11H,1,3,5H2,(H,12,13). The van der Waals surface area contributed by atoms with Crippen LogP contribution in [0.5, 0.6) is 0 Å². The van der Waals surface area contributed by atoms with Gasteiger partial charge >= 0.3 is 0 Å². The highest BCUT2D eigenvalue weighted by molar-refractivity contribution is 7.15. The van der Waals surface area contributed by atoms with E-state index in [9.17, 15) is 4.79 Å². The molecule has 2 N–H and O–H groups in total. The Hall–Kier alpha value is -0.580. The smallest absolute Gasteiger partial charge is 0.228 e. The Morgan fingerprint density at radius 1 is 1.71 bits per heavy atom. The molecule has 3 nitrogen and oxygen atoms in total. The first-order valence-electron chi connectivity index (χ1n) is 4.52. The fraction of sp³-hybridized carbons (Fsp3) is 0.444. The predicted octanol–water partition coefficient (Wildman–Crippen LogP) is 1.95. The minimum Gasteiger partial charge on any atom is -0.324 e. The number of amides is 1. The molecule has 1 fully saturated rings. The Morgan fingerprint density at radius 2 is 2.57 bits per heavy atom. The summed E-state index contributed by atoms with van der Waals surface area (Å²) in [6, 6.07) is 1.83. The van der Waals surface area contributed by atoms with Gasteiger partial charge in [0, 0.05) is 6.54 Å². The Morgan fingerprint density at radius 3 is 3.14 bits per heavy atom. The van der Waals surface area contributed by atoms with E-state index in [1.165, 1.54) is 11.3 Å². The summed E-state index contributed by atoms with van der Waals surface area (Å²) < 4.78 is 0.643. The minimum absolute atomic E-state index is 0.0651. The van der Waals surface area contributed by atoms with Crippen molar-refractivity contribution >= 4 is 34.5 Å². The molecule has 0 aromatic carbocycles. The molecule has 0 aliphatic carbocycles. The zero-order valence-corrected chi connectivity index (χ0v) is 9.12. The summed E-state index contributed by atoms with van der Waals surface area (Å²) in [5.74, 6) is 0.154. The summed E-state index contributed by atoms with van der Waals surface area (Å²) in [6.45, 7) is 1.70. The third kappa shape index (κ3) is 2.08. The number of carbonyl (C=O) groups is 1. The largest absolute Gasteiger partial charge is 0.324 e. The highest BCUT2D eigenvalue weighted by Crippen LogP contribution is 2.28. The van der Waals surface area contributed by atoms with Crippen LogP contribution in [0.4, 0.5) is 5.69 Å². The maximum Gasteiger partial charge on any atom is 0.228 e. The first kappa shape index (κ1) is 9.96. The fourth-order valence-corrected chi connectivity index (χ4v) is 2.33. The molecule has 2 rings (SSSR count). The van der Waals surface area contributed by atoms with Gasteiger partial charge in [-0.15, -0.1) is 11.3 Å². The number of carbonyl (C=O) groups excluding carboxylic acids is 1. The number of halogens is 1. The Bertz CT molecular complexity index is 333. The Labute approximate surface area is 91.5 Å². The van der Waals surface area contributed by atoms with Crippen molar-refractivity contribution in [3.8, 4) is 0 Å². The maximum absolute atomic E-state index is 11.7. The van der Waals surface area contributed by atoms with Gasteiger partial charge < -0.3 is 10.6 Å². The highest BCUT2D eigenvalue weighted by atomic mass is 35.5. The molecule has 14 heavy (non-hydrogen) atoms. The van der Waals surface area contributed by atoms with Gasteiger partial charge in [0.2, 0.25) is 5.91 Å². The molecule has 1 aliphatic rings. The quantitative estimate of drug-likeness (QED) is 0.816. The number of anilines is 1. The number of hydrogen-bond donors (Lipinski definition) is 2. The number of rotatable bonds is 2. The van der Waals surface area contributed by atoms with Crippen LogP contribution in [0.3, 0.4) is 0 Å². The second-order valence-corrected chi connectivity index (χ2v) is 4.81. The van der Waals surface area contributed by atoms with Gasteiger partial charge in [0.15, 0.2) is 0 Å². The van der Waals surface area contributed by atoms with E-state index in [1.807, 2.05) is 11.4 Å². The molecule has 0 bridgehead atoms. The van der Waals surface area contributed by atoms with Crippen molar-refractivity contribution in [1.29, 1.82) is 0 Å². The van der Waals surface area contributed by atoms with E-state index in [-0.39, 0.29) is 11.8 Å². The SMILES string of the molecule is O=C(Nc1ccsc1Cl)C1CCNC1. The van der Waals surface area contributed by atoms with Crippen molar-refractivity contribution in [3.63, 3.8) is 0 Å². The lowest BCUT2D eigenvalue weighted by Gasteiger charge is -2.08. The number of thiophene rings is 1. The van der Waals surface area contributed by atoms with E-state index in [2.05, 4.69) is 10.6 Å². The van der Waals surface area contributed by atoms with Crippen molar-refractivity contribution in [2.24, 2.45) is 5.92 Å². The molecule has 0 spiro atoms. The highest BCUT2D eigenvalue weighted by Gasteiger charge is 2.22. The molecule has 1 aromatic rings. The minimum atomic E-state index is 0.0651. The molecular formula is C9H11ClN2OS. The van der Waals surface area contributed by atoms with E-state index < -0.39 is 0 Å². The van der Waals surface area contributed by atoms with Crippen LogP contribution in [0.2, 0.25) is 4.34 Å². The van der Waals surface area contributed by atoms with E-state index in [0.717, 1.165) is 25.2 Å². The lowest BCUT2D eigenvalue weighted by Crippen LogP contribution is -2.24. The molecule has 1 atom stereocenters. The molecule has 2 heterocycles. The molecule has 0 radical (unpaired) electrons. The lowest BCUT2D eigenvalue weighted by atomic mass is 10.1. The van der Waals surface area contributed by atoms with Crippen LogP contribution in [0.15, 0.2) is 11.4 Å². The van der Waals surface area contributed by atoms with Gasteiger partial charge in [-0.1, -0.05) is 11.6 Å². The van der Waals surface area contributed by atoms with E-state index in [4.69, 9.17) is 11.6 Å². The molecule has 76 valence electrons. The van der Waals surface area contributed by atoms with Gasteiger partial charge in [0.1, 0.15) is 4.34 Å². The Kier molecular flexibility index (Phi) is 3.05. The van der Waals surface area contributed by atoms with Crippen LogP contribution in [0.1, 0.15) is 6.42 Å². The van der Waals surface area contributed by atoms with E-state index in [1.54, 1.807) is 0 Å². The van der Waals surface area contributed by atoms with Gasteiger partial charge in [0.05, 0.1) is 11.6 Å². The summed E-state index contributed by atoms with van der Waals surface area (Å²) in [5, 5.41) is 7.85. The topological polar surface area (TPSA) is 41.1 Å². The number of hydrogen-bond acceptors (Lipinski definition) is 3. The maximum atomic E-state index is 11.7. The van der Waals surface area contributed by atoms with Gasteiger partial charge in [-0.25, -0.2) is 0 Å². The zero-order valence-electron chi connectivity index (χ0n) is 7.55. The molecule has 1 aromatic heterocycles. The molecule has 1 aliphatic heterocycles. The molecule has 1 saturated heterocycles. The van der Waals surface area contributed by atoms with Crippen molar-refractivity contribution in [2.45, 2.75) is 6.42 Å². The third-order valence-electron chi connectivity index (χ3n) is 2.31. The van der Waals surface area contributed by atoms with Crippen molar-refractivity contribution < 1.29 is 4.79 Å². The van der Waals surface area contributed by atoms with Crippen LogP contribution in [-0.4, -0.2) is 19.0 Å². The van der Waals surface area contributed by atoms with E-state index >= 15 is 0 Å². The molecule has 5 heteroatoms. The summed E-state index contributed by atoms with van der Waals surface area (Å²) in [4.78, 5) is 11.7. The number of nitrogens with one attached hydrogen (secondary N) is 2. The predicted molar refractivity (Wildman–Crippen MR) is 58.9 cm³/mol. The summed E-state index contributed by atoms with van der Waals surface area (Å²) in [6.07, 6.45) is 0.910. The van der Waals surface area contributed by atoms with Crippen LogP contribution in [0.25, 0.3) is 0 Å². The average molecular weight is 231 g/mol. The first-order valence-corrected chi connectivity index (χ1v) is 5.77. The summed E-state index contributed by atoms with van der Waals surface area (Å²) in [7, 11) is 0. The van der Waals surface area contributed by atoms with Crippen LogP contribution in [0, 0.1) is 5.92 Å². The van der Waals surface area contributed by atoms with Crippen molar-refractivity contribution in [2.75, 3.05) is 18.4 Å². The van der Waals surface area contributed by atoms with Crippen LogP contribution >= 0.6 is 22.9 Å². The third-order valence-corrected chi connectivity index (χ3v) is 3.48. The molecular weight excluding hydrogens is 220 g/mol. The second-order valence-electron chi connectivity index (χ2n) is 3.29. The van der Waals surface area contributed by atoms with Crippen molar-refractivity contribution in [1.82, 2.24) is 5.32 Å². The lowest BCUT2D eigenvalue weighted by molar-refractivity contribution is -0.119. The van der Waals surface area contributed by atoms with Crippen LogP contribution < -0.4 is 10.6 Å². The molecule has 1 amide bonds. The van der Waals surface area contributed by atoms with Gasteiger partial charge in [-0.05, 0) is 24.4 Å². The summed E-state index contributed by atoms with van der Waals surface area (Å²) in [5.41, 5.74) is 0.730. The van der Waals surface area contributed by atoms with E-state index in [0.29, 0.717) is 4.34 Å². The van der Waals surface area contributed by atoms with Gasteiger partial charge in [-0.2, -0.15) is 0 Å². The molecule has 0 saturated carbocycles. The molecule has 1 unspecified atom stereocenters. The average Bonchev–Trinajstić information content (AvgIpc) is 2.77. The summed E-state index contributed by atoms with van der Waals surface area (Å²) >= 11 is 7.30. The van der Waals surface area contributed by atoms with Gasteiger partial charge in [-0.3, -0.25) is 4.79 Å².